The minimum atomic E-state index is -1.42. The lowest BCUT2D eigenvalue weighted by Crippen LogP contribution is -2.19. The molecule has 1 rings (SSSR count). The van der Waals surface area contributed by atoms with Gasteiger partial charge in [0.25, 0.3) is 0 Å². The Morgan fingerprint density at radius 2 is 1.84 bits per heavy atom. The van der Waals surface area contributed by atoms with E-state index in [9.17, 15) is 5.11 Å². The van der Waals surface area contributed by atoms with Crippen LogP contribution < -0.4 is 4.74 Å². The van der Waals surface area contributed by atoms with Crippen LogP contribution in [0.1, 0.15) is 5.56 Å². The van der Waals surface area contributed by atoms with Crippen molar-refractivity contribution in [1.29, 1.82) is 0 Å². The standard InChI is InChI=1S/C15H22O3Si/c1-17-15-7-5-13(6-8-15)11-18-12-14(16)9-10-19(2,3)4/h5-8,14,16H,11-12H2,1-4H3/t14-/m0/s1. The molecule has 0 saturated carbocycles. The number of ether oxygens (including phenoxy) is 2. The molecular formula is C15H22O3Si. The monoisotopic (exact) mass is 278 g/mol. The van der Waals surface area contributed by atoms with Gasteiger partial charge in [-0.05, 0) is 17.7 Å². The summed E-state index contributed by atoms with van der Waals surface area (Å²) in [6.45, 7) is 7.14. The van der Waals surface area contributed by atoms with Gasteiger partial charge < -0.3 is 14.6 Å². The molecule has 4 heteroatoms. The van der Waals surface area contributed by atoms with Crippen LogP contribution in [0.5, 0.6) is 5.75 Å². The lowest BCUT2D eigenvalue weighted by atomic mass is 10.2. The Kier molecular flexibility index (Phi) is 6.09. The molecule has 0 radical (unpaired) electrons. The number of rotatable bonds is 5. The highest BCUT2D eigenvalue weighted by Gasteiger charge is 2.08. The zero-order valence-corrected chi connectivity index (χ0v) is 13.1. The maximum Gasteiger partial charge on any atom is 0.137 e. The van der Waals surface area contributed by atoms with Crippen molar-refractivity contribution in [2.75, 3.05) is 13.7 Å². The average Bonchev–Trinajstić information content (AvgIpc) is 2.36. The quantitative estimate of drug-likeness (QED) is 0.664. The molecule has 0 aliphatic rings. The van der Waals surface area contributed by atoms with Crippen LogP contribution in [0, 0.1) is 11.5 Å². The molecule has 3 nitrogen and oxygen atoms in total. The Hall–Kier alpha value is -1.28. The second-order valence-corrected chi connectivity index (χ2v) is 10.1. The van der Waals surface area contributed by atoms with Gasteiger partial charge in [0.2, 0.25) is 0 Å². The van der Waals surface area contributed by atoms with Gasteiger partial charge in [-0.25, -0.2) is 0 Å². The van der Waals surface area contributed by atoms with Crippen molar-refractivity contribution in [2.24, 2.45) is 0 Å². The molecule has 1 N–H and O–H groups in total. The maximum atomic E-state index is 9.68. The minimum Gasteiger partial charge on any atom is -0.497 e. The van der Waals surface area contributed by atoms with Crippen molar-refractivity contribution in [3.05, 3.63) is 29.8 Å². The molecule has 0 amide bonds. The smallest absolute Gasteiger partial charge is 0.137 e. The molecule has 0 heterocycles. The normalized spacial score (nSPS) is 12.5. The van der Waals surface area contributed by atoms with Crippen LogP contribution in [0.3, 0.4) is 0 Å². The summed E-state index contributed by atoms with van der Waals surface area (Å²) < 4.78 is 10.5. The molecule has 0 bridgehead atoms. The molecule has 104 valence electrons. The molecule has 0 unspecified atom stereocenters. The van der Waals surface area contributed by atoms with E-state index < -0.39 is 14.2 Å². The largest absolute Gasteiger partial charge is 0.497 e. The Morgan fingerprint density at radius 1 is 1.21 bits per heavy atom. The number of hydrogen-bond donors (Lipinski definition) is 1. The van der Waals surface area contributed by atoms with E-state index in [0.717, 1.165) is 11.3 Å². The van der Waals surface area contributed by atoms with Gasteiger partial charge in [-0.3, -0.25) is 0 Å². The molecule has 0 spiro atoms. The number of methoxy groups -OCH3 is 1. The third kappa shape index (κ3) is 7.02. The predicted molar refractivity (Wildman–Crippen MR) is 79.8 cm³/mol. The van der Waals surface area contributed by atoms with Crippen LogP contribution >= 0.6 is 0 Å². The predicted octanol–water partition coefficient (Wildman–Crippen LogP) is 2.45. The van der Waals surface area contributed by atoms with E-state index >= 15 is 0 Å². The van der Waals surface area contributed by atoms with E-state index in [2.05, 4.69) is 31.1 Å². The molecule has 0 aromatic heterocycles. The summed E-state index contributed by atoms with van der Waals surface area (Å²) in [4.78, 5) is 0. The summed E-state index contributed by atoms with van der Waals surface area (Å²) in [5, 5.41) is 9.68. The first-order chi connectivity index (χ1) is 8.90. The van der Waals surface area contributed by atoms with Gasteiger partial charge in [-0.2, -0.15) is 0 Å². The van der Waals surface area contributed by atoms with Gasteiger partial charge >= 0.3 is 0 Å². The van der Waals surface area contributed by atoms with Gasteiger partial charge in [0.15, 0.2) is 0 Å². The van der Waals surface area contributed by atoms with Gasteiger partial charge in [0, 0.05) is 0 Å². The number of aliphatic hydroxyl groups excluding tert-OH is 1. The highest BCUT2D eigenvalue weighted by atomic mass is 28.3. The summed E-state index contributed by atoms with van der Waals surface area (Å²) in [5.74, 6) is 3.67. The van der Waals surface area contributed by atoms with Crippen molar-refractivity contribution in [3.63, 3.8) is 0 Å². The first-order valence-electron chi connectivity index (χ1n) is 6.32. The highest BCUT2D eigenvalue weighted by molar-refractivity contribution is 6.83. The fraction of sp³-hybridized carbons (Fsp3) is 0.467. The van der Waals surface area contributed by atoms with Crippen molar-refractivity contribution in [1.82, 2.24) is 0 Å². The van der Waals surface area contributed by atoms with E-state index in [1.54, 1.807) is 7.11 Å². The van der Waals surface area contributed by atoms with Crippen LogP contribution in [-0.4, -0.2) is 33.0 Å². The molecule has 19 heavy (non-hydrogen) atoms. The second-order valence-electron chi connectivity index (χ2n) is 5.40. The first kappa shape index (κ1) is 15.8. The van der Waals surface area contributed by atoms with Gasteiger partial charge in [-0.15, -0.1) is 5.54 Å². The van der Waals surface area contributed by atoms with Crippen LogP contribution in [0.15, 0.2) is 24.3 Å². The van der Waals surface area contributed by atoms with Crippen LogP contribution in [0.25, 0.3) is 0 Å². The molecule has 1 aromatic carbocycles. The molecular weight excluding hydrogens is 256 g/mol. The van der Waals surface area contributed by atoms with Crippen molar-refractivity contribution in [2.45, 2.75) is 32.4 Å². The number of benzene rings is 1. The summed E-state index contributed by atoms with van der Waals surface area (Å²) >= 11 is 0. The SMILES string of the molecule is COc1ccc(COC[C@@H](O)C#C[Si](C)(C)C)cc1. The zero-order valence-electron chi connectivity index (χ0n) is 12.1. The van der Waals surface area contributed by atoms with Crippen LogP contribution in [0.2, 0.25) is 19.6 Å². The lowest BCUT2D eigenvalue weighted by molar-refractivity contribution is 0.0544. The molecule has 1 atom stereocenters. The Morgan fingerprint density at radius 3 is 2.37 bits per heavy atom. The van der Waals surface area contributed by atoms with E-state index in [1.165, 1.54) is 0 Å². The van der Waals surface area contributed by atoms with Crippen molar-refractivity contribution in [3.8, 4) is 17.2 Å². The fourth-order valence-electron chi connectivity index (χ4n) is 1.35. The average molecular weight is 278 g/mol. The van der Waals surface area contributed by atoms with Gasteiger partial charge in [0.1, 0.15) is 19.9 Å². The summed E-state index contributed by atoms with van der Waals surface area (Å²) in [6, 6.07) is 7.66. The second kappa shape index (κ2) is 7.34. The van der Waals surface area contributed by atoms with E-state index in [-0.39, 0.29) is 6.61 Å². The van der Waals surface area contributed by atoms with E-state index in [1.807, 2.05) is 24.3 Å². The summed E-state index contributed by atoms with van der Waals surface area (Å²) in [7, 11) is 0.214. The van der Waals surface area contributed by atoms with Crippen LogP contribution in [-0.2, 0) is 11.3 Å². The number of hydrogen-bond acceptors (Lipinski definition) is 3. The van der Waals surface area contributed by atoms with Gasteiger partial charge in [0.05, 0.1) is 20.3 Å². The third-order valence-corrected chi connectivity index (χ3v) is 3.21. The molecule has 0 aliphatic heterocycles. The van der Waals surface area contributed by atoms with Gasteiger partial charge in [-0.1, -0.05) is 37.7 Å². The summed E-state index contributed by atoms with van der Waals surface area (Å²) in [5.41, 5.74) is 4.18. The minimum absolute atomic E-state index is 0.240. The zero-order chi connectivity index (χ0) is 14.3. The molecule has 0 saturated heterocycles. The first-order valence-corrected chi connectivity index (χ1v) is 9.82. The Bertz CT molecular complexity index is 437. The fourth-order valence-corrected chi connectivity index (χ4v) is 1.95. The summed E-state index contributed by atoms with van der Waals surface area (Å²) in [6.07, 6.45) is -0.704. The van der Waals surface area contributed by atoms with E-state index in [0.29, 0.717) is 6.61 Å². The lowest BCUT2D eigenvalue weighted by Gasteiger charge is -2.08. The molecule has 0 fully saturated rings. The highest BCUT2D eigenvalue weighted by Crippen LogP contribution is 2.11. The Labute approximate surface area is 116 Å². The molecule has 1 aromatic rings. The van der Waals surface area contributed by atoms with Crippen LogP contribution in [0.4, 0.5) is 0 Å². The topological polar surface area (TPSA) is 38.7 Å². The van der Waals surface area contributed by atoms with Crippen molar-refractivity contribution < 1.29 is 14.6 Å². The Balaban J connectivity index is 2.34. The van der Waals surface area contributed by atoms with E-state index in [4.69, 9.17) is 9.47 Å². The maximum absolute atomic E-state index is 9.68. The third-order valence-electron chi connectivity index (χ3n) is 2.32. The molecule has 0 aliphatic carbocycles. The number of aliphatic hydroxyl groups is 1. The van der Waals surface area contributed by atoms with Crippen molar-refractivity contribution >= 4 is 8.07 Å².